The first-order chi connectivity index (χ1) is 9.99. The van der Waals surface area contributed by atoms with Gasteiger partial charge in [-0.15, -0.1) is 11.3 Å². The summed E-state index contributed by atoms with van der Waals surface area (Å²) in [5.41, 5.74) is 1.85. The molecule has 0 amide bonds. The van der Waals surface area contributed by atoms with Gasteiger partial charge in [0.05, 0.1) is 4.90 Å². The van der Waals surface area contributed by atoms with Crippen LogP contribution in [0.1, 0.15) is 16.0 Å². The Morgan fingerprint density at radius 2 is 2.05 bits per heavy atom. The fraction of sp³-hybridized carbons (Fsp3) is 0.333. The summed E-state index contributed by atoms with van der Waals surface area (Å²) < 4.78 is 27.1. The van der Waals surface area contributed by atoms with Gasteiger partial charge < -0.3 is 0 Å². The second-order valence-electron chi connectivity index (χ2n) is 4.80. The Bertz CT molecular complexity index is 679. The molecule has 3 nitrogen and oxygen atoms in total. The van der Waals surface area contributed by atoms with Crippen molar-refractivity contribution in [1.29, 1.82) is 0 Å². The maximum absolute atomic E-state index is 12.2. The van der Waals surface area contributed by atoms with E-state index < -0.39 is 10.0 Å². The van der Waals surface area contributed by atoms with Gasteiger partial charge in [-0.25, -0.2) is 13.1 Å². The summed E-state index contributed by atoms with van der Waals surface area (Å²) >= 11 is 3.46. The summed E-state index contributed by atoms with van der Waals surface area (Å²) in [6.07, 6.45) is 0. The average molecular weight is 342 g/mol. The molecule has 1 aromatic heterocycles. The molecule has 6 heteroatoms. The van der Waals surface area contributed by atoms with E-state index in [1.807, 2.05) is 32.0 Å². The van der Waals surface area contributed by atoms with Crippen LogP contribution in [-0.4, -0.2) is 20.7 Å². The number of thiophene rings is 1. The molecule has 0 spiro atoms. The summed E-state index contributed by atoms with van der Waals surface area (Å²) in [5, 5.41) is 2.05. The Morgan fingerprint density at radius 1 is 1.24 bits per heavy atom. The third kappa shape index (κ3) is 4.85. The van der Waals surface area contributed by atoms with E-state index in [1.54, 1.807) is 29.2 Å². The van der Waals surface area contributed by atoms with Crippen molar-refractivity contribution < 1.29 is 8.42 Å². The number of sulfonamides is 1. The molecule has 21 heavy (non-hydrogen) atoms. The van der Waals surface area contributed by atoms with E-state index in [0.717, 1.165) is 22.6 Å². The van der Waals surface area contributed by atoms with Gasteiger partial charge in [0, 0.05) is 22.9 Å². The molecule has 1 N–H and O–H groups in total. The van der Waals surface area contributed by atoms with E-state index in [2.05, 4.69) is 16.2 Å². The second kappa shape index (κ2) is 7.45. The molecule has 0 bridgehead atoms. The number of hydrogen-bond donors (Lipinski definition) is 1. The van der Waals surface area contributed by atoms with E-state index in [4.69, 9.17) is 0 Å². The second-order valence-corrected chi connectivity index (χ2v) is 8.67. The maximum atomic E-state index is 12.2. The molecule has 0 aliphatic carbocycles. The first-order valence-electron chi connectivity index (χ1n) is 6.66. The number of nitrogens with one attached hydrogen (secondary N) is 1. The fourth-order valence-electron chi connectivity index (χ4n) is 1.99. The standard InChI is InChI=1S/C15H19NO2S3/c1-12-5-6-15(13(2)10-12)21(17,18)16-7-9-19-11-14-4-3-8-20-14/h3-6,8,10,16H,7,9,11H2,1-2H3. The summed E-state index contributed by atoms with van der Waals surface area (Å²) in [7, 11) is -3.40. The molecule has 0 fully saturated rings. The molecule has 1 aromatic carbocycles. The Labute approximate surface area is 134 Å². The molecular formula is C15H19NO2S3. The molecule has 114 valence electrons. The lowest BCUT2D eigenvalue weighted by atomic mass is 10.2. The molecule has 0 saturated carbocycles. The van der Waals surface area contributed by atoms with Gasteiger partial charge in [-0.3, -0.25) is 0 Å². The van der Waals surface area contributed by atoms with Crippen LogP contribution in [0.2, 0.25) is 0 Å². The number of benzene rings is 1. The minimum atomic E-state index is -3.40. The molecule has 0 unspecified atom stereocenters. The molecule has 2 aromatic rings. The van der Waals surface area contributed by atoms with Crippen molar-refractivity contribution in [2.45, 2.75) is 24.5 Å². The molecule has 2 rings (SSSR count). The van der Waals surface area contributed by atoms with Crippen molar-refractivity contribution >= 4 is 33.1 Å². The summed E-state index contributed by atoms with van der Waals surface area (Å²) in [6, 6.07) is 9.51. The van der Waals surface area contributed by atoms with Crippen LogP contribution in [0.15, 0.2) is 40.6 Å². The number of aryl methyl sites for hydroxylation is 2. The topological polar surface area (TPSA) is 46.2 Å². The quantitative estimate of drug-likeness (QED) is 0.783. The predicted octanol–water partition coefficient (Wildman–Crippen LogP) is 3.58. The molecule has 0 aliphatic rings. The van der Waals surface area contributed by atoms with Gasteiger partial charge in [0.2, 0.25) is 10.0 Å². The summed E-state index contributed by atoms with van der Waals surface area (Å²) in [5.74, 6) is 1.70. The van der Waals surface area contributed by atoms with Gasteiger partial charge in [0.25, 0.3) is 0 Å². The van der Waals surface area contributed by atoms with E-state index in [1.165, 1.54) is 4.88 Å². The molecular weight excluding hydrogens is 322 g/mol. The first-order valence-corrected chi connectivity index (χ1v) is 10.2. The lowest BCUT2D eigenvalue weighted by Gasteiger charge is -2.09. The SMILES string of the molecule is Cc1ccc(S(=O)(=O)NCCSCc2cccs2)c(C)c1. The minimum absolute atomic E-state index is 0.372. The van der Waals surface area contributed by atoms with Crippen LogP contribution in [0.25, 0.3) is 0 Å². The van der Waals surface area contributed by atoms with Gasteiger partial charge in [0.15, 0.2) is 0 Å². The highest BCUT2D eigenvalue weighted by atomic mass is 32.2. The van der Waals surface area contributed by atoms with Gasteiger partial charge >= 0.3 is 0 Å². The van der Waals surface area contributed by atoms with E-state index in [-0.39, 0.29) is 0 Å². The van der Waals surface area contributed by atoms with Crippen LogP contribution >= 0.6 is 23.1 Å². The van der Waals surface area contributed by atoms with E-state index in [0.29, 0.717) is 11.4 Å². The van der Waals surface area contributed by atoms with Crippen LogP contribution < -0.4 is 4.72 Å². The summed E-state index contributed by atoms with van der Waals surface area (Å²) in [4.78, 5) is 1.69. The van der Waals surface area contributed by atoms with Crippen LogP contribution in [0.5, 0.6) is 0 Å². The molecule has 0 atom stereocenters. The zero-order valence-electron chi connectivity index (χ0n) is 12.1. The third-order valence-electron chi connectivity index (χ3n) is 2.98. The zero-order chi connectivity index (χ0) is 15.3. The molecule has 0 aliphatic heterocycles. The van der Waals surface area contributed by atoms with Crippen molar-refractivity contribution in [1.82, 2.24) is 4.72 Å². The first kappa shape index (κ1) is 16.5. The monoisotopic (exact) mass is 341 g/mol. The Kier molecular flexibility index (Phi) is 5.87. The molecule has 0 saturated heterocycles. The van der Waals surface area contributed by atoms with E-state index >= 15 is 0 Å². The van der Waals surface area contributed by atoms with Gasteiger partial charge in [-0.2, -0.15) is 11.8 Å². The fourth-order valence-corrected chi connectivity index (χ4v) is 5.08. The lowest BCUT2D eigenvalue weighted by Crippen LogP contribution is -2.26. The number of thioether (sulfide) groups is 1. The Morgan fingerprint density at radius 3 is 2.71 bits per heavy atom. The number of rotatable bonds is 7. The lowest BCUT2D eigenvalue weighted by molar-refractivity contribution is 0.583. The van der Waals surface area contributed by atoms with Gasteiger partial charge in [-0.05, 0) is 36.9 Å². The highest BCUT2D eigenvalue weighted by molar-refractivity contribution is 7.98. The van der Waals surface area contributed by atoms with Crippen LogP contribution in [0.4, 0.5) is 0 Å². The van der Waals surface area contributed by atoms with Crippen LogP contribution in [0, 0.1) is 13.8 Å². The van der Waals surface area contributed by atoms with Crippen molar-refractivity contribution in [2.75, 3.05) is 12.3 Å². The van der Waals surface area contributed by atoms with Crippen molar-refractivity contribution in [3.63, 3.8) is 0 Å². The Balaban J connectivity index is 1.84. The highest BCUT2D eigenvalue weighted by Gasteiger charge is 2.15. The third-order valence-corrected chi connectivity index (χ3v) is 6.67. The van der Waals surface area contributed by atoms with Crippen molar-refractivity contribution in [3.8, 4) is 0 Å². The average Bonchev–Trinajstić information content (AvgIpc) is 2.91. The smallest absolute Gasteiger partial charge is 0.210 e. The highest BCUT2D eigenvalue weighted by Crippen LogP contribution is 2.18. The van der Waals surface area contributed by atoms with E-state index in [9.17, 15) is 8.42 Å². The zero-order valence-corrected chi connectivity index (χ0v) is 14.6. The largest absolute Gasteiger partial charge is 0.240 e. The summed E-state index contributed by atoms with van der Waals surface area (Å²) in [6.45, 7) is 4.23. The van der Waals surface area contributed by atoms with Crippen LogP contribution in [0.3, 0.4) is 0 Å². The predicted molar refractivity (Wildman–Crippen MR) is 91.6 cm³/mol. The van der Waals surface area contributed by atoms with Crippen molar-refractivity contribution in [3.05, 3.63) is 51.7 Å². The minimum Gasteiger partial charge on any atom is -0.210 e. The van der Waals surface area contributed by atoms with Crippen LogP contribution in [-0.2, 0) is 15.8 Å². The van der Waals surface area contributed by atoms with Gasteiger partial charge in [0.1, 0.15) is 0 Å². The normalized spacial score (nSPS) is 11.7. The van der Waals surface area contributed by atoms with Crippen molar-refractivity contribution in [2.24, 2.45) is 0 Å². The number of hydrogen-bond acceptors (Lipinski definition) is 4. The molecule has 1 heterocycles. The molecule has 0 radical (unpaired) electrons. The van der Waals surface area contributed by atoms with Gasteiger partial charge in [-0.1, -0.05) is 23.8 Å². The Hall–Kier alpha value is -0.820. The maximum Gasteiger partial charge on any atom is 0.240 e.